The topological polar surface area (TPSA) is 0 Å². The van der Waals surface area contributed by atoms with E-state index in [0.29, 0.717) is 5.92 Å². The van der Waals surface area contributed by atoms with Crippen LogP contribution in [0.15, 0.2) is 18.2 Å². The van der Waals surface area contributed by atoms with Crippen molar-refractivity contribution in [3.05, 3.63) is 34.9 Å². The SMILES string of the molecule is Cc1ccc(C(C)CCCl)cc1C. The summed E-state index contributed by atoms with van der Waals surface area (Å²) in [6, 6.07) is 6.67. The highest BCUT2D eigenvalue weighted by atomic mass is 35.5. The molecule has 1 heteroatoms. The van der Waals surface area contributed by atoms with Gasteiger partial charge in [-0.2, -0.15) is 0 Å². The van der Waals surface area contributed by atoms with Crippen molar-refractivity contribution in [3.8, 4) is 0 Å². The maximum Gasteiger partial charge on any atom is 0.0229 e. The lowest BCUT2D eigenvalue weighted by molar-refractivity contribution is 0.737. The van der Waals surface area contributed by atoms with Gasteiger partial charge in [-0.25, -0.2) is 0 Å². The average Bonchev–Trinajstić information content (AvgIpc) is 2.10. The fraction of sp³-hybridized carbons (Fsp3) is 0.500. The van der Waals surface area contributed by atoms with Crippen LogP contribution in [0, 0.1) is 13.8 Å². The first kappa shape index (κ1) is 10.6. The second-order valence-corrected chi connectivity index (χ2v) is 4.10. The second kappa shape index (κ2) is 4.66. The molecule has 0 nitrogen and oxygen atoms in total. The smallest absolute Gasteiger partial charge is 0.0229 e. The minimum atomic E-state index is 0.580. The number of aryl methyl sites for hydroxylation is 2. The molecule has 0 saturated heterocycles. The molecule has 1 aromatic rings. The van der Waals surface area contributed by atoms with E-state index in [2.05, 4.69) is 39.0 Å². The van der Waals surface area contributed by atoms with Gasteiger partial charge in [0.05, 0.1) is 0 Å². The van der Waals surface area contributed by atoms with E-state index in [1.807, 2.05) is 0 Å². The zero-order chi connectivity index (χ0) is 9.84. The number of rotatable bonds is 3. The van der Waals surface area contributed by atoms with E-state index in [-0.39, 0.29) is 0 Å². The molecule has 0 amide bonds. The van der Waals surface area contributed by atoms with E-state index >= 15 is 0 Å². The van der Waals surface area contributed by atoms with Crippen molar-refractivity contribution in [2.24, 2.45) is 0 Å². The Hall–Kier alpha value is -0.490. The molecule has 0 radical (unpaired) electrons. The van der Waals surface area contributed by atoms with Gasteiger partial charge >= 0.3 is 0 Å². The molecule has 1 aromatic carbocycles. The fourth-order valence-corrected chi connectivity index (χ4v) is 1.73. The highest BCUT2D eigenvalue weighted by Gasteiger charge is 2.05. The summed E-state index contributed by atoms with van der Waals surface area (Å²) < 4.78 is 0. The lowest BCUT2D eigenvalue weighted by Crippen LogP contribution is -1.95. The van der Waals surface area contributed by atoms with Gasteiger partial charge in [0.25, 0.3) is 0 Å². The summed E-state index contributed by atoms with van der Waals surface area (Å²) in [7, 11) is 0. The normalized spacial score (nSPS) is 12.9. The van der Waals surface area contributed by atoms with E-state index in [4.69, 9.17) is 11.6 Å². The van der Waals surface area contributed by atoms with Crippen LogP contribution in [0.1, 0.15) is 36.0 Å². The third-order valence-electron chi connectivity index (χ3n) is 2.64. The van der Waals surface area contributed by atoms with Gasteiger partial charge in [-0.3, -0.25) is 0 Å². The van der Waals surface area contributed by atoms with E-state index < -0.39 is 0 Å². The van der Waals surface area contributed by atoms with Gasteiger partial charge in [0, 0.05) is 5.88 Å². The van der Waals surface area contributed by atoms with Gasteiger partial charge in [-0.05, 0) is 42.9 Å². The van der Waals surface area contributed by atoms with E-state index in [0.717, 1.165) is 12.3 Å². The van der Waals surface area contributed by atoms with Gasteiger partial charge in [0.15, 0.2) is 0 Å². The van der Waals surface area contributed by atoms with Crippen LogP contribution in [0.3, 0.4) is 0 Å². The molecular formula is C12H17Cl. The highest BCUT2D eigenvalue weighted by molar-refractivity contribution is 6.17. The third kappa shape index (κ3) is 2.73. The highest BCUT2D eigenvalue weighted by Crippen LogP contribution is 2.21. The molecule has 0 bridgehead atoms. The maximum absolute atomic E-state index is 5.72. The van der Waals surface area contributed by atoms with Gasteiger partial charge in [0.1, 0.15) is 0 Å². The minimum Gasteiger partial charge on any atom is -0.127 e. The van der Waals surface area contributed by atoms with E-state index in [1.165, 1.54) is 16.7 Å². The maximum atomic E-state index is 5.72. The zero-order valence-corrected chi connectivity index (χ0v) is 9.36. The Morgan fingerprint density at radius 1 is 1.23 bits per heavy atom. The molecule has 13 heavy (non-hydrogen) atoms. The molecule has 0 aliphatic rings. The predicted molar refractivity (Wildman–Crippen MR) is 59.7 cm³/mol. The summed E-state index contributed by atoms with van der Waals surface area (Å²) in [4.78, 5) is 0. The quantitative estimate of drug-likeness (QED) is 0.641. The molecule has 0 N–H and O–H groups in total. The van der Waals surface area contributed by atoms with Crippen molar-refractivity contribution in [1.82, 2.24) is 0 Å². The monoisotopic (exact) mass is 196 g/mol. The van der Waals surface area contributed by atoms with Crippen molar-refractivity contribution < 1.29 is 0 Å². The van der Waals surface area contributed by atoms with Crippen molar-refractivity contribution in [1.29, 1.82) is 0 Å². The number of alkyl halides is 1. The number of hydrogen-bond donors (Lipinski definition) is 0. The zero-order valence-electron chi connectivity index (χ0n) is 8.60. The number of benzene rings is 1. The average molecular weight is 197 g/mol. The number of hydrogen-bond acceptors (Lipinski definition) is 0. The Labute approximate surface area is 85.9 Å². The van der Waals surface area contributed by atoms with Crippen LogP contribution >= 0.6 is 11.6 Å². The Morgan fingerprint density at radius 2 is 1.92 bits per heavy atom. The van der Waals surface area contributed by atoms with Crippen LogP contribution in [-0.2, 0) is 0 Å². The van der Waals surface area contributed by atoms with Crippen LogP contribution in [0.2, 0.25) is 0 Å². The molecule has 0 fully saturated rings. The summed E-state index contributed by atoms with van der Waals surface area (Å²) in [5, 5.41) is 0. The molecule has 0 heterocycles. The Morgan fingerprint density at radius 3 is 2.46 bits per heavy atom. The fourth-order valence-electron chi connectivity index (χ4n) is 1.40. The summed E-state index contributed by atoms with van der Waals surface area (Å²) >= 11 is 5.72. The molecule has 1 unspecified atom stereocenters. The van der Waals surface area contributed by atoms with Gasteiger partial charge in [-0.1, -0.05) is 25.1 Å². The van der Waals surface area contributed by atoms with Gasteiger partial charge < -0.3 is 0 Å². The standard InChI is InChI=1S/C12H17Cl/c1-9-4-5-12(8-11(9)3)10(2)6-7-13/h4-5,8,10H,6-7H2,1-3H3. The van der Waals surface area contributed by atoms with Crippen LogP contribution in [0.4, 0.5) is 0 Å². The van der Waals surface area contributed by atoms with E-state index in [1.54, 1.807) is 0 Å². The largest absolute Gasteiger partial charge is 0.127 e. The van der Waals surface area contributed by atoms with Crippen molar-refractivity contribution in [2.75, 3.05) is 5.88 Å². The lowest BCUT2D eigenvalue weighted by Gasteiger charge is -2.11. The predicted octanol–water partition coefficient (Wildman–Crippen LogP) is 4.04. The van der Waals surface area contributed by atoms with Crippen LogP contribution in [-0.4, -0.2) is 5.88 Å². The molecule has 1 rings (SSSR count). The van der Waals surface area contributed by atoms with Crippen LogP contribution < -0.4 is 0 Å². The molecular weight excluding hydrogens is 180 g/mol. The molecule has 0 aliphatic heterocycles. The summed E-state index contributed by atoms with van der Waals surface area (Å²) in [5.41, 5.74) is 4.14. The molecule has 72 valence electrons. The van der Waals surface area contributed by atoms with Crippen molar-refractivity contribution >= 4 is 11.6 Å². The first-order valence-corrected chi connectivity index (χ1v) is 5.31. The first-order chi connectivity index (χ1) is 6.15. The van der Waals surface area contributed by atoms with Crippen LogP contribution in [0.5, 0.6) is 0 Å². The molecule has 0 aromatic heterocycles. The molecule has 0 aliphatic carbocycles. The lowest BCUT2D eigenvalue weighted by atomic mass is 9.95. The van der Waals surface area contributed by atoms with Crippen molar-refractivity contribution in [3.63, 3.8) is 0 Å². The second-order valence-electron chi connectivity index (χ2n) is 3.72. The minimum absolute atomic E-state index is 0.580. The summed E-state index contributed by atoms with van der Waals surface area (Å²) in [5.74, 6) is 1.32. The Kier molecular flexibility index (Phi) is 3.80. The molecule has 0 spiro atoms. The van der Waals surface area contributed by atoms with Crippen LogP contribution in [0.25, 0.3) is 0 Å². The Balaban J connectivity index is 2.84. The third-order valence-corrected chi connectivity index (χ3v) is 2.86. The molecule has 1 atom stereocenters. The van der Waals surface area contributed by atoms with Crippen molar-refractivity contribution in [2.45, 2.75) is 33.1 Å². The van der Waals surface area contributed by atoms with Gasteiger partial charge in [-0.15, -0.1) is 11.6 Å². The van der Waals surface area contributed by atoms with E-state index in [9.17, 15) is 0 Å². The summed E-state index contributed by atoms with van der Waals surface area (Å²) in [6.07, 6.45) is 1.06. The number of halogens is 1. The summed E-state index contributed by atoms with van der Waals surface area (Å²) in [6.45, 7) is 6.53. The van der Waals surface area contributed by atoms with Gasteiger partial charge in [0.2, 0.25) is 0 Å². The Bertz CT molecular complexity index is 278. The molecule has 0 saturated carbocycles. The first-order valence-electron chi connectivity index (χ1n) is 4.78.